The molecular weight excluding hydrogens is 136 g/mol. The third kappa shape index (κ3) is 0.313. The second-order valence-electron chi connectivity index (χ2n) is 1.65. The Kier molecular flexibility index (Phi) is 0.480. The van der Waals surface area contributed by atoms with E-state index in [0.29, 0.717) is 0 Å². The highest BCUT2D eigenvalue weighted by molar-refractivity contribution is 7.87. The Hall–Kier alpha value is -0.170. The van der Waals surface area contributed by atoms with Crippen molar-refractivity contribution in [3.63, 3.8) is 0 Å². The Morgan fingerprint density at radius 3 is 1.88 bits per heavy atom. The molecule has 2 saturated heterocycles. The van der Waals surface area contributed by atoms with Crippen molar-refractivity contribution >= 4 is 10.1 Å². The van der Waals surface area contributed by atoms with Crippen molar-refractivity contribution in [1.29, 1.82) is 0 Å². The van der Waals surface area contributed by atoms with Gasteiger partial charge in [-0.3, -0.25) is 14.0 Å². The first-order valence-electron chi connectivity index (χ1n) is 1.89. The van der Waals surface area contributed by atoms with Crippen molar-refractivity contribution < 1.29 is 22.4 Å². The van der Waals surface area contributed by atoms with Gasteiger partial charge in [-0.2, -0.15) is 8.42 Å². The molecule has 0 radical (unpaired) electrons. The van der Waals surface area contributed by atoms with Gasteiger partial charge >= 0.3 is 15.2 Å². The molecule has 1 N–H and O–H groups in total. The van der Waals surface area contributed by atoms with Crippen LogP contribution in [0.2, 0.25) is 0 Å². The predicted octanol–water partition coefficient (Wildman–Crippen LogP) is -1.09. The van der Waals surface area contributed by atoms with Crippen molar-refractivity contribution in [1.82, 2.24) is 0 Å². The lowest BCUT2D eigenvalue weighted by atomic mass is 11.0. The van der Waals surface area contributed by atoms with Crippen LogP contribution in [0, 0.1) is 0 Å². The topological polar surface area (TPSA) is 79.4 Å². The molecule has 5 nitrogen and oxygen atoms in total. The minimum absolute atomic E-state index is 0.683. The first kappa shape index (κ1) is 4.68. The average Bonchev–Trinajstić information content (AvgIpc) is 1.96. The van der Waals surface area contributed by atoms with E-state index in [1.807, 2.05) is 0 Å². The molecular formula is C2H2O5S. The molecule has 2 fully saturated rings. The average molecular weight is 138 g/mol. The molecule has 0 amide bonds. The van der Waals surface area contributed by atoms with Gasteiger partial charge < -0.3 is 0 Å². The van der Waals surface area contributed by atoms with E-state index in [4.69, 9.17) is 4.55 Å². The summed E-state index contributed by atoms with van der Waals surface area (Å²) in [6.07, 6.45) is -0.683. The maximum absolute atomic E-state index is 10.1. The zero-order chi connectivity index (χ0) is 5.99. The lowest BCUT2D eigenvalue weighted by Gasteiger charge is -1.91. The number of fused-ring (bicyclic) bond motifs is 1. The van der Waals surface area contributed by atoms with Gasteiger partial charge in [0.2, 0.25) is 6.29 Å². The summed E-state index contributed by atoms with van der Waals surface area (Å²) in [5.41, 5.74) is 0. The van der Waals surface area contributed by atoms with Crippen molar-refractivity contribution in [3.8, 4) is 0 Å². The summed E-state index contributed by atoms with van der Waals surface area (Å²) in [5.74, 6) is 0. The molecule has 0 saturated carbocycles. The highest BCUT2D eigenvalue weighted by Crippen LogP contribution is 2.59. The third-order valence-electron chi connectivity index (χ3n) is 1.08. The van der Waals surface area contributed by atoms with Crippen LogP contribution in [0.3, 0.4) is 0 Å². The highest BCUT2D eigenvalue weighted by atomic mass is 32.2. The SMILES string of the molecule is O=S(=O)(O)C12OC1O2. The molecule has 46 valence electrons. The van der Waals surface area contributed by atoms with Crippen LogP contribution in [0.25, 0.3) is 0 Å². The minimum Gasteiger partial charge on any atom is -0.294 e. The lowest BCUT2D eigenvalue weighted by Crippen LogP contribution is -2.14. The number of epoxide rings is 2. The van der Waals surface area contributed by atoms with Crippen molar-refractivity contribution in [3.05, 3.63) is 0 Å². The second kappa shape index (κ2) is 0.820. The highest BCUT2D eigenvalue weighted by Gasteiger charge is 2.86. The molecule has 0 aromatic heterocycles. The molecule has 2 aliphatic rings. The Morgan fingerprint density at radius 1 is 1.50 bits per heavy atom. The van der Waals surface area contributed by atoms with Crippen LogP contribution in [0.1, 0.15) is 0 Å². The van der Waals surface area contributed by atoms with E-state index >= 15 is 0 Å². The summed E-state index contributed by atoms with van der Waals surface area (Å²) in [7, 11) is -4.10. The van der Waals surface area contributed by atoms with Crippen molar-refractivity contribution in [2.24, 2.45) is 0 Å². The van der Waals surface area contributed by atoms with E-state index < -0.39 is 21.5 Å². The maximum atomic E-state index is 10.1. The second-order valence-corrected chi connectivity index (χ2v) is 3.17. The Labute approximate surface area is 44.9 Å². The predicted molar refractivity (Wildman–Crippen MR) is 20.2 cm³/mol. The van der Waals surface area contributed by atoms with Gasteiger partial charge in [0, 0.05) is 0 Å². The lowest BCUT2D eigenvalue weighted by molar-refractivity contribution is -0.0139. The summed E-state index contributed by atoms with van der Waals surface area (Å²) in [6.45, 7) is 0. The summed E-state index contributed by atoms with van der Waals surface area (Å²) in [6, 6.07) is 0. The molecule has 0 spiro atoms. The third-order valence-corrected chi connectivity index (χ3v) is 2.18. The number of hydrogen-bond acceptors (Lipinski definition) is 4. The summed E-state index contributed by atoms with van der Waals surface area (Å²) >= 11 is 0. The van der Waals surface area contributed by atoms with E-state index in [-0.39, 0.29) is 0 Å². The van der Waals surface area contributed by atoms with Gasteiger partial charge in [0.15, 0.2) is 0 Å². The fourth-order valence-corrected chi connectivity index (χ4v) is 1.14. The van der Waals surface area contributed by atoms with Gasteiger partial charge in [0.25, 0.3) is 0 Å². The van der Waals surface area contributed by atoms with Crippen LogP contribution in [0.4, 0.5) is 0 Å². The molecule has 0 bridgehead atoms. The van der Waals surface area contributed by atoms with Gasteiger partial charge in [-0.15, -0.1) is 0 Å². The standard InChI is InChI=1S/C2H2O5S/c3-8(4,5)2-1(6-2)7-2/h1H,(H,3,4,5). The minimum atomic E-state index is -4.10. The number of ether oxygens (including phenoxy) is 2. The zero-order valence-electron chi connectivity index (χ0n) is 3.57. The van der Waals surface area contributed by atoms with Crippen LogP contribution in [-0.2, 0) is 19.6 Å². The Bertz CT molecular complexity index is 221. The molecule has 0 aliphatic carbocycles. The fraction of sp³-hybridized carbons (Fsp3) is 1.00. The molecule has 2 heterocycles. The number of hydrogen-bond donors (Lipinski definition) is 1. The van der Waals surface area contributed by atoms with Gasteiger partial charge in [0.1, 0.15) is 0 Å². The largest absolute Gasteiger partial charge is 0.357 e. The molecule has 2 rings (SSSR count). The van der Waals surface area contributed by atoms with E-state index in [9.17, 15) is 8.42 Å². The van der Waals surface area contributed by atoms with Gasteiger partial charge in [0.05, 0.1) is 0 Å². The summed E-state index contributed by atoms with van der Waals surface area (Å²) in [4.78, 5) is 0. The molecule has 0 unspecified atom stereocenters. The zero-order valence-corrected chi connectivity index (χ0v) is 4.38. The quantitative estimate of drug-likeness (QED) is 0.368. The first-order valence-corrected chi connectivity index (χ1v) is 3.33. The fourth-order valence-electron chi connectivity index (χ4n) is 0.482. The van der Waals surface area contributed by atoms with Crippen LogP contribution in [0.5, 0.6) is 0 Å². The molecule has 0 aromatic rings. The van der Waals surface area contributed by atoms with E-state index in [1.54, 1.807) is 0 Å². The Balaban J connectivity index is 2.43. The van der Waals surface area contributed by atoms with E-state index in [1.165, 1.54) is 0 Å². The van der Waals surface area contributed by atoms with E-state index in [0.717, 1.165) is 0 Å². The smallest absolute Gasteiger partial charge is 0.294 e. The van der Waals surface area contributed by atoms with Crippen LogP contribution < -0.4 is 0 Å². The molecule has 2 aliphatic heterocycles. The molecule has 0 aromatic carbocycles. The summed E-state index contributed by atoms with van der Waals surface area (Å²) in [5, 5.41) is -1.62. The molecule has 6 heteroatoms. The van der Waals surface area contributed by atoms with Crippen LogP contribution in [-0.4, -0.2) is 24.4 Å². The molecule has 0 atom stereocenters. The number of rotatable bonds is 1. The van der Waals surface area contributed by atoms with Crippen molar-refractivity contribution in [2.45, 2.75) is 11.4 Å². The van der Waals surface area contributed by atoms with Crippen molar-refractivity contribution in [2.75, 3.05) is 0 Å². The van der Waals surface area contributed by atoms with Gasteiger partial charge in [-0.1, -0.05) is 0 Å². The summed E-state index contributed by atoms with van der Waals surface area (Å²) < 4.78 is 36.9. The van der Waals surface area contributed by atoms with E-state index in [2.05, 4.69) is 9.47 Å². The molecule has 8 heavy (non-hydrogen) atoms. The maximum Gasteiger partial charge on any atom is 0.357 e. The van der Waals surface area contributed by atoms with Crippen LogP contribution in [0.15, 0.2) is 0 Å². The van der Waals surface area contributed by atoms with Gasteiger partial charge in [-0.25, -0.2) is 0 Å². The monoisotopic (exact) mass is 138 g/mol. The first-order chi connectivity index (χ1) is 3.56. The van der Waals surface area contributed by atoms with Crippen LogP contribution >= 0.6 is 0 Å². The normalized spacial score (nSPS) is 50.4. The van der Waals surface area contributed by atoms with Gasteiger partial charge in [-0.05, 0) is 0 Å². The Morgan fingerprint density at radius 2 is 1.88 bits per heavy atom.